The molecule has 1 aliphatic heterocycles. The minimum absolute atomic E-state index is 0.0536. The molecule has 1 aromatic rings. The third-order valence-corrected chi connectivity index (χ3v) is 3.77. The molecular formula is C18H31N5O6. The molecule has 0 unspecified atom stereocenters. The van der Waals surface area contributed by atoms with Crippen molar-refractivity contribution in [3.05, 3.63) is 11.8 Å². The number of rotatable bonds is 3. The summed E-state index contributed by atoms with van der Waals surface area (Å²) in [6.45, 7) is 5.10. The Kier molecular flexibility index (Phi) is 11.2. The second kappa shape index (κ2) is 12.5. The smallest absolute Gasteiger partial charge is 0.308 e. The highest BCUT2D eigenvalue weighted by Gasteiger charge is 2.28. The van der Waals surface area contributed by atoms with E-state index >= 15 is 0 Å². The van der Waals surface area contributed by atoms with Crippen molar-refractivity contribution in [2.24, 2.45) is 11.7 Å². The van der Waals surface area contributed by atoms with Crippen molar-refractivity contribution >= 4 is 29.7 Å². The van der Waals surface area contributed by atoms with Gasteiger partial charge in [0.1, 0.15) is 5.82 Å². The van der Waals surface area contributed by atoms with Crippen molar-refractivity contribution < 1.29 is 29.7 Å². The van der Waals surface area contributed by atoms with Crippen LogP contribution < -0.4 is 15.5 Å². The molecule has 0 saturated carbocycles. The molecule has 1 aliphatic rings. The fourth-order valence-corrected chi connectivity index (χ4v) is 2.62. The molecule has 1 saturated heterocycles. The average Bonchev–Trinajstić information content (AvgIpc) is 2.76. The second-order valence-electron chi connectivity index (χ2n) is 6.89. The van der Waals surface area contributed by atoms with Crippen LogP contribution in [0.15, 0.2) is 6.20 Å². The molecule has 2 atom stereocenters. The van der Waals surface area contributed by atoms with Crippen LogP contribution in [-0.2, 0) is 14.4 Å². The van der Waals surface area contributed by atoms with Crippen molar-refractivity contribution in [2.75, 3.05) is 37.0 Å². The maximum atomic E-state index is 11.3. The van der Waals surface area contributed by atoms with E-state index in [1.165, 1.54) is 0 Å². The van der Waals surface area contributed by atoms with Gasteiger partial charge in [-0.15, -0.1) is 0 Å². The zero-order valence-electron chi connectivity index (χ0n) is 17.5. The highest BCUT2D eigenvalue weighted by Crippen LogP contribution is 2.22. The van der Waals surface area contributed by atoms with Crippen molar-refractivity contribution in [1.29, 1.82) is 0 Å². The number of nitrogens with two attached hydrogens (primary N) is 1. The number of carboxylic acids is 3. The van der Waals surface area contributed by atoms with Gasteiger partial charge in [-0.2, -0.15) is 4.98 Å². The molecule has 0 aromatic carbocycles. The first-order chi connectivity index (χ1) is 13.3. The standard InChI is InChI=1S/C14H23N5O2.2C2H4O2/c1-9-6-16-14(17-12(9)18(2)3)19-7-10(13(20)21)4-5-11(15)8-19;2*1-2(3)4/h6,10-11H,4-5,7-8,15H2,1-3H3,(H,20,21);2*1H3,(H,3,4)/t10-,11+;;/m0../s1. The Morgan fingerprint density at radius 1 is 1.10 bits per heavy atom. The molecule has 11 heteroatoms. The number of hydrogen-bond acceptors (Lipinski definition) is 8. The largest absolute Gasteiger partial charge is 0.481 e. The minimum atomic E-state index is -0.833. The van der Waals surface area contributed by atoms with E-state index in [-0.39, 0.29) is 6.04 Å². The number of nitrogens with zero attached hydrogens (tertiary/aromatic N) is 4. The van der Waals surface area contributed by atoms with E-state index in [0.29, 0.717) is 31.9 Å². The molecule has 5 N–H and O–H groups in total. The van der Waals surface area contributed by atoms with E-state index in [0.717, 1.165) is 25.2 Å². The second-order valence-corrected chi connectivity index (χ2v) is 6.89. The van der Waals surface area contributed by atoms with Crippen LogP contribution in [0.4, 0.5) is 11.8 Å². The Balaban J connectivity index is 0.000000837. The van der Waals surface area contributed by atoms with E-state index in [2.05, 4.69) is 9.97 Å². The highest BCUT2D eigenvalue weighted by molar-refractivity contribution is 5.71. The van der Waals surface area contributed by atoms with E-state index in [4.69, 9.17) is 25.5 Å². The summed E-state index contributed by atoms with van der Waals surface area (Å²) >= 11 is 0. The van der Waals surface area contributed by atoms with Crippen LogP contribution in [0.3, 0.4) is 0 Å². The van der Waals surface area contributed by atoms with Gasteiger partial charge in [-0.1, -0.05) is 0 Å². The summed E-state index contributed by atoms with van der Waals surface area (Å²) in [5, 5.41) is 24.1. The number of aliphatic carboxylic acids is 3. The quantitative estimate of drug-likeness (QED) is 0.549. The molecule has 0 bridgehead atoms. The van der Waals surface area contributed by atoms with Crippen molar-refractivity contribution in [2.45, 2.75) is 39.7 Å². The third-order valence-electron chi connectivity index (χ3n) is 3.77. The van der Waals surface area contributed by atoms with Crippen LogP contribution in [0, 0.1) is 12.8 Å². The highest BCUT2D eigenvalue weighted by atomic mass is 16.4. The Hall–Kier alpha value is -2.95. The SMILES string of the molecule is CC(=O)O.CC(=O)O.Cc1cnc(N2C[C@H](N)CC[C@H](C(=O)O)C2)nc1N(C)C. The molecule has 11 nitrogen and oxygen atoms in total. The first-order valence-electron chi connectivity index (χ1n) is 8.98. The number of carbonyl (C=O) groups is 3. The van der Waals surface area contributed by atoms with Gasteiger partial charge in [-0.3, -0.25) is 14.4 Å². The molecular weight excluding hydrogens is 382 g/mol. The lowest BCUT2D eigenvalue weighted by Crippen LogP contribution is -2.38. The molecule has 1 aromatic heterocycles. The van der Waals surface area contributed by atoms with E-state index in [9.17, 15) is 9.90 Å². The van der Waals surface area contributed by atoms with Crippen molar-refractivity contribution in [1.82, 2.24) is 9.97 Å². The van der Waals surface area contributed by atoms with Gasteiger partial charge >= 0.3 is 5.97 Å². The Labute approximate surface area is 170 Å². The molecule has 0 aliphatic carbocycles. The summed E-state index contributed by atoms with van der Waals surface area (Å²) in [4.78, 5) is 42.0. The van der Waals surface area contributed by atoms with E-state index in [1.54, 1.807) is 6.20 Å². The van der Waals surface area contributed by atoms with Gasteiger partial charge in [0.25, 0.3) is 11.9 Å². The maximum absolute atomic E-state index is 11.3. The minimum Gasteiger partial charge on any atom is -0.481 e. The summed E-state index contributed by atoms with van der Waals surface area (Å²) < 4.78 is 0. The normalized spacial score (nSPS) is 18.2. The van der Waals surface area contributed by atoms with Crippen LogP contribution in [0.25, 0.3) is 0 Å². The van der Waals surface area contributed by atoms with Gasteiger partial charge in [-0.05, 0) is 19.8 Å². The van der Waals surface area contributed by atoms with Crippen LogP contribution >= 0.6 is 0 Å². The molecule has 0 amide bonds. The molecule has 2 heterocycles. The Bertz CT molecular complexity index is 677. The Morgan fingerprint density at radius 2 is 1.62 bits per heavy atom. The lowest BCUT2D eigenvalue weighted by Gasteiger charge is -2.25. The van der Waals surface area contributed by atoms with Crippen LogP contribution in [0.5, 0.6) is 0 Å². The van der Waals surface area contributed by atoms with Gasteiger partial charge in [0.15, 0.2) is 0 Å². The van der Waals surface area contributed by atoms with Gasteiger partial charge in [-0.25, -0.2) is 4.98 Å². The van der Waals surface area contributed by atoms with E-state index in [1.807, 2.05) is 30.8 Å². The third kappa shape index (κ3) is 10.8. The first-order valence-corrected chi connectivity index (χ1v) is 8.98. The molecule has 29 heavy (non-hydrogen) atoms. The summed E-state index contributed by atoms with van der Waals surface area (Å²) in [6.07, 6.45) is 3.07. The van der Waals surface area contributed by atoms with Gasteiger partial charge in [0, 0.05) is 58.8 Å². The van der Waals surface area contributed by atoms with Gasteiger partial charge in [0.05, 0.1) is 5.92 Å². The first kappa shape index (κ1) is 26.1. The van der Waals surface area contributed by atoms with Crippen LogP contribution in [-0.4, -0.2) is 76.4 Å². The van der Waals surface area contributed by atoms with E-state index < -0.39 is 23.8 Å². The number of hydrogen-bond donors (Lipinski definition) is 4. The number of aryl methyl sites for hydroxylation is 1. The van der Waals surface area contributed by atoms with Gasteiger partial charge in [0.2, 0.25) is 5.95 Å². The number of anilines is 2. The summed E-state index contributed by atoms with van der Waals surface area (Å²) in [6, 6.07) is -0.0536. The monoisotopic (exact) mass is 413 g/mol. The summed E-state index contributed by atoms with van der Waals surface area (Å²) in [5.41, 5.74) is 7.04. The molecule has 164 valence electrons. The molecule has 1 fully saturated rings. The molecule has 2 rings (SSSR count). The number of aromatic nitrogens is 2. The van der Waals surface area contributed by atoms with Gasteiger partial charge < -0.3 is 30.9 Å². The van der Waals surface area contributed by atoms with Crippen molar-refractivity contribution in [3.8, 4) is 0 Å². The van der Waals surface area contributed by atoms with Crippen molar-refractivity contribution in [3.63, 3.8) is 0 Å². The average molecular weight is 413 g/mol. The maximum Gasteiger partial charge on any atom is 0.308 e. The fraction of sp³-hybridized carbons (Fsp3) is 0.611. The molecule has 0 radical (unpaired) electrons. The van der Waals surface area contributed by atoms with Crippen LogP contribution in [0.1, 0.15) is 32.3 Å². The lowest BCUT2D eigenvalue weighted by atomic mass is 10.0. The molecule has 0 spiro atoms. The zero-order valence-corrected chi connectivity index (χ0v) is 17.5. The zero-order chi connectivity index (χ0) is 22.7. The summed E-state index contributed by atoms with van der Waals surface area (Å²) in [7, 11) is 3.85. The summed E-state index contributed by atoms with van der Waals surface area (Å²) in [5.74, 6) is -1.49. The lowest BCUT2D eigenvalue weighted by molar-refractivity contribution is -0.141. The topological polar surface area (TPSA) is 170 Å². The number of carboxylic acid groups (broad SMARTS) is 3. The Morgan fingerprint density at radius 3 is 2.07 bits per heavy atom. The van der Waals surface area contributed by atoms with Crippen LogP contribution in [0.2, 0.25) is 0 Å². The fourth-order valence-electron chi connectivity index (χ4n) is 2.62. The predicted molar refractivity (Wildman–Crippen MR) is 108 cm³/mol. The predicted octanol–water partition coefficient (Wildman–Crippen LogP) is 0.661.